The molecule has 0 fully saturated rings. The minimum absolute atomic E-state index is 0.352. The van der Waals surface area contributed by atoms with Crippen LogP contribution in [0.25, 0.3) is 0 Å². The largest absolute Gasteiger partial charge is 0.497 e. The van der Waals surface area contributed by atoms with E-state index in [0.717, 1.165) is 11.3 Å². The quantitative estimate of drug-likeness (QED) is 0.428. The van der Waals surface area contributed by atoms with Crippen molar-refractivity contribution in [2.75, 3.05) is 14.2 Å². The van der Waals surface area contributed by atoms with Gasteiger partial charge >= 0.3 is 0 Å². The summed E-state index contributed by atoms with van der Waals surface area (Å²) < 4.78 is 5.00. The third-order valence-corrected chi connectivity index (χ3v) is 1.58. The molecule has 2 N–H and O–H groups in total. The van der Waals surface area contributed by atoms with Crippen molar-refractivity contribution < 1.29 is 9.57 Å². The van der Waals surface area contributed by atoms with Crippen molar-refractivity contribution in [1.82, 2.24) is 0 Å². The summed E-state index contributed by atoms with van der Waals surface area (Å²) in [4.78, 5) is 4.55. The highest BCUT2D eigenvalue weighted by Gasteiger charge is 1.98. The number of hydrogen-bond acceptors (Lipinski definition) is 3. The van der Waals surface area contributed by atoms with E-state index in [-0.39, 0.29) is 0 Å². The van der Waals surface area contributed by atoms with E-state index in [1.807, 2.05) is 24.3 Å². The van der Waals surface area contributed by atoms with Gasteiger partial charge < -0.3 is 15.3 Å². The normalized spacial score (nSPS) is 11.1. The van der Waals surface area contributed by atoms with Gasteiger partial charge in [-0.25, -0.2) is 0 Å². The second-order valence-electron chi connectivity index (χ2n) is 2.39. The Morgan fingerprint density at radius 1 is 1.23 bits per heavy atom. The van der Waals surface area contributed by atoms with Gasteiger partial charge in [-0.05, 0) is 24.3 Å². The van der Waals surface area contributed by atoms with Crippen LogP contribution >= 0.6 is 0 Å². The first kappa shape index (κ1) is 9.38. The molecular weight excluding hydrogens is 168 g/mol. The molecule has 0 saturated heterocycles. The van der Waals surface area contributed by atoms with Gasteiger partial charge in [-0.15, -0.1) is 0 Å². The first-order chi connectivity index (χ1) is 6.27. The molecule has 1 rings (SSSR count). The highest BCUT2D eigenvalue weighted by Crippen LogP contribution is 2.10. The Balaban J connectivity index is 2.85. The molecule has 0 aliphatic heterocycles. The van der Waals surface area contributed by atoms with Gasteiger partial charge in [-0.3, -0.25) is 0 Å². The van der Waals surface area contributed by atoms with Gasteiger partial charge in [0.2, 0.25) is 0 Å². The Kier molecular flexibility index (Phi) is 3.14. The average molecular weight is 180 g/mol. The van der Waals surface area contributed by atoms with Crippen LogP contribution in [-0.4, -0.2) is 20.1 Å². The summed E-state index contributed by atoms with van der Waals surface area (Å²) in [5.74, 6) is 1.14. The first-order valence-electron chi connectivity index (χ1n) is 3.79. The monoisotopic (exact) mass is 180 g/mol. The van der Waals surface area contributed by atoms with E-state index in [0.29, 0.717) is 5.84 Å². The molecule has 0 spiro atoms. The molecular formula is C9H12N2O2. The summed E-state index contributed by atoms with van der Waals surface area (Å²) in [7, 11) is 3.07. The number of nitrogens with zero attached hydrogens (tertiary/aromatic N) is 1. The lowest BCUT2D eigenvalue weighted by molar-refractivity contribution is 0.213. The van der Waals surface area contributed by atoms with E-state index in [1.54, 1.807) is 7.11 Å². The molecule has 0 heterocycles. The van der Waals surface area contributed by atoms with Gasteiger partial charge in [0.05, 0.1) is 7.11 Å². The zero-order chi connectivity index (χ0) is 9.68. The van der Waals surface area contributed by atoms with E-state index < -0.39 is 0 Å². The average Bonchev–Trinajstić information content (AvgIpc) is 2.18. The number of methoxy groups -OCH3 is 1. The van der Waals surface area contributed by atoms with Gasteiger partial charge in [0.1, 0.15) is 12.9 Å². The Morgan fingerprint density at radius 3 is 2.31 bits per heavy atom. The summed E-state index contributed by atoms with van der Waals surface area (Å²) in [6, 6.07) is 7.26. The molecule has 0 saturated carbocycles. The number of ether oxygens (including phenoxy) is 1. The second kappa shape index (κ2) is 4.35. The Hall–Kier alpha value is -1.71. The van der Waals surface area contributed by atoms with Crippen molar-refractivity contribution in [3.63, 3.8) is 0 Å². The molecule has 0 amide bonds. The van der Waals surface area contributed by atoms with Crippen LogP contribution < -0.4 is 10.5 Å². The molecule has 1 aromatic carbocycles. The summed E-state index contributed by atoms with van der Waals surface area (Å²) in [6.07, 6.45) is 0. The molecule has 4 heteroatoms. The van der Waals surface area contributed by atoms with Crippen molar-refractivity contribution in [2.24, 2.45) is 10.9 Å². The molecule has 0 bridgehead atoms. The molecule has 4 nitrogen and oxygen atoms in total. The fourth-order valence-corrected chi connectivity index (χ4v) is 0.913. The summed E-state index contributed by atoms with van der Waals surface area (Å²) in [5.41, 5.74) is 6.39. The minimum atomic E-state index is 0.352. The van der Waals surface area contributed by atoms with E-state index in [4.69, 9.17) is 10.5 Å². The van der Waals surface area contributed by atoms with Crippen LogP contribution in [0.4, 0.5) is 0 Å². The molecule has 0 unspecified atom stereocenters. The van der Waals surface area contributed by atoms with Crippen molar-refractivity contribution >= 4 is 5.84 Å². The van der Waals surface area contributed by atoms with E-state index in [2.05, 4.69) is 9.99 Å². The Labute approximate surface area is 76.9 Å². The number of rotatable bonds is 3. The molecule has 0 aliphatic rings. The smallest absolute Gasteiger partial charge is 0.170 e. The lowest BCUT2D eigenvalue weighted by Gasteiger charge is -2.01. The second-order valence-corrected chi connectivity index (χ2v) is 2.39. The van der Waals surface area contributed by atoms with Crippen molar-refractivity contribution in [3.8, 4) is 5.75 Å². The number of hydrogen-bond donors (Lipinski definition) is 1. The standard InChI is InChI=1S/C9H12N2O2/c1-12-8-5-3-7(4-6-8)9(10)11-13-2/h3-6H,1-2H3,(H2,10,11). The van der Waals surface area contributed by atoms with Gasteiger partial charge in [0, 0.05) is 5.56 Å². The third kappa shape index (κ3) is 2.37. The number of nitrogens with two attached hydrogens (primary N) is 1. The Morgan fingerprint density at radius 2 is 1.85 bits per heavy atom. The van der Waals surface area contributed by atoms with E-state index in [1.165, 1.54) is 7.11 Å². The van der Waals surface area contributed by atoms with Crippen molar-refractivity contribution in [3.05, 3.63) is 29.8 Å². The van der Waals surface area contributed by atoms with Crippen LogP contribution in [-0.2, 0) is 4.84 Å². The van der Waals surface area contributed by atoms with Gasteiger partial charge in [-0.1, -0.05) is 5.16 Å². The zero-order valence-corrected chi connectivity index (χ0v) is 7.65. The highest BCUT2D eigenvalue weighted by molar-refractivity contribution is 5.97. The summed E-state index contributed by atoms with van der Waals surface area (Å²) in [5, 5.41) is 3.60. The number of benzene rings is 1. The van der Waals surface area contributed by atoms with Crippen LogP contribution in [0.15, 0.2) is 29.4 Å². The SMILES string of the molecule is CO/N=C(\N)c1ccc(OC)cc1. The maximum Gasteiger partial charge on any atom is 0.170 e. The molecule has 0 atom stereocenters. The van der Waals surface area contributed by atoms with E-state index >= 15 is 0 Å². The topological polar surface area (TPSA) is 56.8 Å². The molecule has 13 heavy (non-hydrogen) atoms. The lowest BCUT2D eigenvalue weighted by Crippen LogP contribution is -2.13. The zero-order valence-electron chi connectivity index (χ0n) is 7.65. The third-order valence-electron chi connectivity index (χ3n) is 1.58. The number of oxime groups is 1. The van der Waals surface area contributed by atoms with Crippen LogP contribution in [0.5, 0.6) is 5.75 Å². The van der Waals surface area contributed by atoms with Crippen molar-refractivity contribution in [1.29, 1.82) is 0 Å². The fourth-order valence-electron chi connectivity index (χ4n) is 0.913. The molecule has 0 aliphatic carbocycles. The fraction of sp³-hybridized carbons (Fsp3) is 0.222. The van der Waals surface area contributed by atoms with Gasteiger partial charge in [-0.2, -0.15) is 0 Å². The first-order valence-corrected chi connectivity index (χ1v) is 3.79. The summed E-state index contributed by atoms with van der Waals surface area (Å²) >= 11 is 0. The molecule has 0 radical (unpaired) electrons. The van der Waals surface area contributed by atoms with Crippen LogP contribution in [0.2, 0.25) is 0 Å². The van der Waals surface area contributed by atoms with Gasteiger partial charge in [0.15, 0.2) is 5.84 Å². The predicted octanol–water partition coefficient (Wildman–Crippen LogP) is 0.962. The lowest BCUT2D eigenvalue weighted by atomic mass is 10.2. The Bertz CT molecular complexity index is 293. The predicted molar refractivity (Wildman–Crippen MR) is 50.7 cm³/mol. The molecule has 70 valence electrons. The van der Waals surface area contributed by atoms with Crippen molar-refractivity contribution in [2.45, 2.75) is 0 Å². The van der Waals surface area contributed by atoms with Crippen LogP contribution in [0.3, 0.4) is 0 Å². The van der Waals surface area contributed by atoms with Gasteiger partial charge in [0.25, 0.3) is 0 Å². The van der Waals surface area contributed by atoms with Crippen LogP contribution in [0, 0.1) is 0 Å². The van der Waals surface area contributed by atoms with Crippen LogP contribution in [0.1, 0.15) is 5.56 Å². The molecule has 0 aromatic heterocycles. The minimum Gasteiger partial charge on any atom is -0.497 e. The van der Waals surface area contributed by atoms with E-state index in [9.17, 15) is 0 Å². The highest BCUT2D eigenvalue weighted by atomic mass is 16.6. The maximum absolute atomic E-state index is 5.58. The maximum atomic E-state index is 5.58. The number of amidine groups is 1. The molecule has 1 aromatic rings. The summed E-state index contributed by atoms with van der Waals surface area (Å²) in [6.45, 7) is 0.